The van der Waals surface area contributed by atoms with E-state index in [1.165, 1.54) is 24.5 Å². The summed E-state index contributed by atoms with van der Waals surface area (Å²) in [5.74, 6) is 6.26. The number of halogens is 3. The van der Waals surface area contributed by atoms with E-state index in [0.29, 0.717) is 33.7 Å². The van der Waals surface area contributed by atoms with Gasteiger partial charge in [-0.3, -0.25) is 4.72 Å². The highest BCUT2D eigenvalue weighted by molar-refractivity contribution is 7.93. The number of hydrogen-bond donors (Lipinski definition) is 3. The van der Waals surface area contributed by atoms with E-state index in [1.807, 2.05) is 0 Å². The number of benzene rings is 3. The van der Waals surface area contributed by atoms with Crippen molar-refractivity contribution >= 4 is 43.4 Å². The third-order valence-corrected chi connectivity index (χ3v) is 6.36. The van der Waals surface area contributed by atoms with Crippen molar-refractivity contribution in [3.8, 4) is 23.0 Å². The number of alkyl halides is 3. The lowest BCUT2D eigenvalue weighted by Gasteiger charge is -2.14. The molecule has 0 amide bonds. The Labute approximate surface area is 201 Å². The summed E-state index contributed by atoms with van der Waals surface area (Å²) >= 11 is 0. The Hall–Kier alpha value is -3.82. The van der Waals surface area contributed by atoms with Crippen molar-refractivity contribution in [2.45, 2.75) is 5.51 Å². The molecule has 1 atom stereocenters. The minimum atomic E-state index is -5.57. The van der Waals surface area contributed by atoms with Gasteiger partial charge in [-0.25, -0.2) is 9.19 Å². The van der Waals surface area contributed by atoms with Gasteiger partial charge in [-0.15, -0.1) is 0 Å². The highest BCUT2D eigenvalue weighted by Gasteiger charge is 2.46. The van der Waals surface area contributed by atoms with E-state index in [4.69, 9.17) is 0 Å². The smallest absolute Gasteiger partial charge is 0.331 e. The summed E-state index contributed by atoms with van der Waals surface area (Å²) in [6.07, 6.45) is 1.53. The van der Waals surface area contributed by atoms with Crippen LogP contribution >= 0.6 is 0 Å². The highest BCUT2D eigenvalue weighted by Crippen LogP contribution is 2.33. The van der Waals surface area contributed by atoms with E-state index < -0.39 is 26.5 Å². The lowest BCUT2D eigenvalue weighted by Crippen LogP contribution is -2.30. The van der Waals surface area contributed by atoms with E-state index in [0.717, 1.165) is 0 Å². The molecule has 1 unspecified atom stereocenters. The predicted octanol–water partition coefficient (Wildman–Crippen LogP) is 4.60. The Kier molecular flexibility index (Phi) is 6.56. The third kappa shape index (κ3) is 5.64. The Morgan fingerprint density at radius 2 is 1.71 bits per heavy atom. The zero-order chi connectivity index (χ0) is 25.2. The van der Waals surface area contributed by atoms with Gasteiger partial charge in [0, 0.05) is 23.1 Å². The first-order valence-electron chi connectivity index (χ1n) is 9.92. The number of nitrogens with zero attached hydrogens (tertiary/aromatic N) is 1. The van der Waals surface area contributed by atoms with Gasteiger partial charge in [0.2, 0.25) is 0 Å². The summed E-state index contributed by atoms with van der Waals surface area (Å²) in [5, 5.41) is 0. The minimum Gasteiger partial charge on any atom is -0.331 e. The number of aromatic amines is 1. The van der Waals surface area contributed by atoms with Gasteiger partial charge in [0.25, 0.3) is 0 Å². The molecule has 12 heteroatoms. The van der Waals surface area contributed by atoms with Crippen LogP contribution in [0.15, 0.2) is 66.7 Å². The fourth-order valence-corrected chi connectivity index (χ4v) is 4.23. The van der Waals surface area contributed by atoms with Gasteiger partial charge in [0.1, 0.15) is 11.0 Å². The van der Waals surface area contributed by atoms with Crippen molar-refractivity contribution in [2.75, 3.05) is 15.7 Å². The molecular weight excluding hydrogens is 501 g/mol. The molecule has 1 heterocycles. The second-order valence-corrected chi connectivity index (χ2v) is 10.1. The van der Waals surface area contributed by atoms with Crippen LogP contribution in [-0.4, -0.2) is 34.4 Å². The number of rotatable bonds is 5. The number of imidazole rings is 1. The van der Waals surface area contributed by atoms with Crippen molar-refractivity contribution in [3.63, 3.8) is 0 Å². The number of fused-ring (bicyclic) bond motifs is 1. The molecule has 1 aromatic heterocycles. The Balaban J connectivity index is 1.62. The summed E-state index contributed by atoms with van der Waals surface area (Å²) < 4.78 is 77.3. The van der Waals surface area contributed by atoms with Gasteiger partial charge in [-0.1, -0.05) is 30.2 Å². The molecule has 0 aliphatic carbocycles. The van der Waals surface area contributed by atoms with Gasteiger partial charge in [0.05, 0.1) is 16.7 Å². The maximum atomic E-state index is 12.8. The van der Waals surface area contributed by atoms with E-state index in [2.05, 4.69) is 26.5 Å². The first-order valence-corrected chi connectivity index (χ1v) is 13.0. The quantitative estimate of drug-likeness (QED) is 0.336. The summed E-state index contributed by atoms with van der Waals surface area (Å²) in [6.45, 7) is 0. The van der Waals surface area contributed by atoms with Crippen LogP contribution in [0.4, 0.5) is 24.5 Å². The standard InChI is InChI=1S/C23H17F3N4O3S2/c1-34(31)29-17-10-6-15(7-11-17)8-13-22-27-20-12-9-16(14-21(20)28-22)18-4-2-3-5-19(18)30-35(32,33)23(24,25)26/h2-7,9-12,14,29-30H,1H3,(H,27,28). The van der Waals surface area contributed by atoms with Crippen molar-refractivity contribution in [1.29, 1.82) is 0 Å². The number of para-hydroxylation sites is 1. The third-order valence-electron chi connectivity index (χ3n) is 4.74. The molecule has 3 N–H and O–H groups in total. The number of sulfonamides is 1. The molecule has 0 saturated carbocycles. The van der Waals surface area contributed by atoms with E-state index in [-0.39, 0.29) is 11.3 Å². The molecule has 3 aromatic carbocycles. The topological polar surface area (TPSA) is 104 Å². The molecule has 0 aliphatic heterocycles. The molecule has 7 nitrogen and oxygen atoms in total. The lowest BCUT2D eigenvalue weighted by atomic mass is 10.0. The van der Waals surface area contributed by atoms with Gasteiger partial charge >= 0.3 is 15.5 Å². The SMILES string of the molecule is CS(=O)Nc1ccc(C#Cc2nc3ccc(-c4ccccc4NS(=O)(=O)C(F)(F)F)cc3[nH]2)cc1. The first kappa shape index (κ1) is 24.3. The molecule has 4 rings (SSSR count). The van der Waals surface area contributed by atoms with Crippen molar-refractivity contribution in [2.24, 2.45) is 0 Å². The van der Waals surface area contributed by atoms with Crippen LogP contribution in [-0.2, 0) is 21.0 Å². The number of aromatic nitrogens is 2. The molecule has 0 saturated heterocycles. The average molecular weight is 519 g/mol. The molecule has 0 bridgehead atoms. The Bertz CT molecular complexity index is 1590. The molecule has 0 spiro atoms. The number of anilines is 2. The summed E-state index contributed by atoms with van der Waals surface area (Å²) in [4.78, 5) is 7.44. The minimum absolute atomic E-state index is 0.200. The van der Waals surface area contributed by atoms with Crippen LogP contribution < -0.4 is 9.44 Å². The second-order valence-electron chi connectivity index (χ2n) is 7.30. The van der Waals surface area contributed by atoms with Crippen molar-refractivity contribution < 1.29 is 25.8 Å². The average Bonchev–Trinajstić information content (AvgIpc) is 3.20. The number of nitrogens with one attached hydrogen (secondary N) is 3. The van der Waals surface area contributed by atoms with Crippen LogP contribution in [0.3, 0.4) is 0 Å². The first-order chi connectivity index (χ1) is 16.5. The number of H-pyrrole nitrogens is 1. The van der Waals surface area contributed by atoms with Gasteiger partial charge in [-0.05, 0) is 53.9 Å². The molecule has 0 radical (unpaired) electrons. The Morgan fingerprint density at radius 3 is 2.40 bits per heavy atom. The molecular formula is C23H17F3N4O3S2. The molecule has 35 heavy (non-hydrogen) atoms. The second kappa shape index (κ2) is 9.44. The van der Waals surface area contributed by atoms with Crippen LogP contribution in [0.25, 0.3) is 22.2 Å². The summed E-state index contributed by atoms with van der Waals surface area (Å²) in [6, 6.07) is 17.8. The van der Waals surface area contributed by atoms with Crippen molar-refractivity contribution in [1.82, 2.24) is 9.97 Å². The molecule has 4 aromatic rings. The zero-order valence-corrected chi connectivity index (χ0v) is 19.6. The fraction of sp³-hybridized carbons (Fsp3) is 0.0870. The maximum Gasteiger partial charge on any atom is 0.516 e. The number of hydrogen-bond acceptors (Lipinski definition) is 4. The molecule has 0 aliphatic rings. The van der Waals surface area contributed by atoms with Crippen LogP contribution in [0.2, 0.25) is 0 Å². The fourth-order valence-electron chi connectivity index (χ4n) is 3.18. The van der Waals surface area contributed by atoms with Gasteiger partial charge in [0.15, 0.2) is 5.82 Å². The monoisotopic (exact) mass is 518 g/mol. The molecule has 0 fully saturated rings. The van der Waals surface area contributed by atoms with E-state index >= 15 is 0 Å². The maximum absolute atomic E-state index is 12.8. The normalized spacial score (nSPS) is 12.6. The zero-order valence-electron chi connectivity index (χ0n) is 18.0. The van der Waals surface area contributed by atoms with Crippen molar-refractivity contribution in [3.05, 3.63) is 78.1 Å². The van der Waals surface area contributed by atoms with Crippen LogP contribution in [0, 0.1) is 11.8 Å². The largest absolute Gasteiger partial charge is 0.516 e. The van der Waals surface area contributed by atoms with E-state index in [1.54, 1.807) is 53.3 Å². The van der Waals surface area contributed by atoms with Crippen LogP contribution in [0.5, 0.6) is 0 Å². The predicted molar refractivity (Wildman–Crippen MR) is 130 cm³/mol. The summed E-state index contributed by atoms with van der Waals surface area (Å²) in [7, 11) is -6.75. The van der Waals surface area contributed by atoms with Gasteiger partial charge in [-0.2, -0.15) is 21.6 Å². The summed E-state index contributed by atoms with van der Waals surface area (Å²) in [5.41, 5.74) is -2.32. The lowest BCUT2D eigenvalue weighted by molar-refractivity contribution is -0.0429. The van der Waals surface area contributed by atoms with E-state index in [9.17, 15) is 25.8 Å². The van der Waals surface area contributed by atoms with Gasteiger partial charge < -0.3 is 9.71 Å². The highest BCUT2D eigenvalue weighted by atomic mass is 32.2. The van der Waals surface area contributed by atoms with Crippen LogP contribution in [0.1, 0.15) is 11.4 Å². The molecule has 180 valence electrons. The Morgan fingerprint density at radius 1 is 1.00 bits per heavy atom.